The number of hydrogen-bond donors (Lipinski definition) is 4. The molecule has 11 nitrogen and oxygen atoms in total. The summed E-state index contributed by atoms with van der Waals surface area (Å²) in [7, 11) is 2.22. The number of nitrogens with zero attached hydrogens (tertiary/aromatic N) is 6. The number of nitrogen functional groups attached to an aromatic ring is 1. The molecule has 0 amide bonds. The highest BCUT2D eigenvalue weighted by Gasteiger charge is 2.30. The molecule has 0 unspecified atom stereocenters. The van der Waals surface area contributed by atoms with Crippen LogP contribution in [0, 0.1) is 0 Å². The molecule has 0 spiro atoms. The van der Waals surface area contributed by atoms with E-state index >= 15 is 0 Å². The summed E-state index contributed by atoms with van der Waals surface area (Å²) in [5.74, 6) is -0.349. The van der Waals surface area contributed by atoms with Crippen LogP contribution in [0.1, 0.15) is 44.3 Å². The van der Waals surface area contributed by atoms with Gasteiger partial charge in [0.15, 0.2) is 5.65 Å². The quantitative estimate of drug-likeness (QED) is 0.214. The zero-order valence-corrected chi connectivity index (χ0v) is 25.4. The molecule has 2 aromatic carbocycles. The van der Waals surface area contributed by atoms with Gasteiger partial charge in [0, 0.05) is 61.6 Å². The molecular weight excluding hydrogens is 554 g/mol. The second-order valence-electron chi connectivity index (χ2n) is 11.9. The highest BCUT2D eigenvalue weighted by Crippen LogP contribution is 2.37. The lowest BCUT2D eigenvalue weighted by Gasteiger charge is -2.41. The summed E-state index contributed by atoms with van der Waals surface area (Å²) in [5, 5.41) is 18.1. The van der Waals surface area contributed by atoms with Crippen molar-refractivity contribution in [1.29, 1.82) is 0 Å². The van der Waals surface area contributed by atoms with Crippen molar-refractivity contribution in [2.75, 3.05) is 44.3 Å². The van der Waals surface area contributed by atoms with Crippen molar-refractivity contribution in [3.8, 4) is 11.3 Å². The van der Waals surface area contributed by atoms with E-state index in [-0.39, 0.29) is 0 Å². The molecule has 44 heavy (non-hydrogen) atoms. The lowest BCUT2D eigenvalue weighted by atomic mass is 9.90. The molecule has 4 heterocycles. The number of aromatic nitrogens is 5. The van der Waals surface area contributed by atoms with Crippen LogP contribution in [0.2, 0.25) is 0 Å². The summed E-state index contributed by atoms with van der Waals surface area (Å²) >= 11 is 0. The van der Waals surface area contributed by atoms with E-state index < -0.39 is 5.97 Å². The van der Waals surface area contributed by atoms with Crippen LogP contribution in [0.3, 0.4) is 0 Å². The van der Waals surface area contributed by atoms with Gasteiger partial charge in [-0.1, -0.05) is 30.3 Å². The van der Waals surface area contributed by atoms with Gasteiger partial charge in [-0.15, -0.1) is 0 Å². The normalized spacial score (nSPS) is 19.5. The maximum atomic E-state index is 9.00. The molecular formula is C33H41N9O2. The fraction of sp³-hybridized carbons (Fsp3) is 0.394. The molecule has 0 atom stereocenters. The Morgan fingerprint density at radius 3 is 2.39 bits per heavy atom. The Morgan fingerprint density at radius 1 is 1.00 bits per heavy atom. The monoisotopic (exact) mass is 595 g/mol. The summed E-state index contributed by atoms with van der Waals surface area (Å²) in [6.07, 6.45) is 6.17. The second kappa shape index (κ2) is 13.0. The van der Waals surface area contributed by atoms with Crippen molar-refractivity contribution in [3.05, 3.63) is 66.6 Å². The highest BCUT2D eigenvalue weighted by atomic mass is 16.4. The van der Waals surface area contributed by atoms with Gasteiger partial charge in [0.25, 0.3) is 5.97 Å². The number of aliphatic carboxylic acids is 1. The number of benzene rings is 2. The third kappa shape index (κ3) is 6.53. The van der Waals surface area contributed by atoms with Crippen LogP contribution in [0.15, 0.2) is 60.9 Å². The van der Waals surface area contributed by atoms with Crippen LogP contribution in [-0.4, -0.2) is 84.9 Å². The van der Waals surface area contributed by atoms with Crippen molar-refractivity contribution in [2.24, 2.45) is 0 Å². The molecule has 230 valence electrons. The molecule has 1 saturated carbocycles. The number of rotatable bonds is 6. The van der Waals surface area contributed by atoms with Crippen LogP contribution >= 0.6 is 0 Å². The molecule has 1 aliphatic heterocycles. The number of piperazine rings is 1. The van der Waals surface area contributed by atoms with Crippen molar-refractivity contribution in [1.82, 2.24) is 34.5 Å². The number of nitrogens with one attached hydrogen (secondary N) is 2. The Balaban J connectivity index is 0.000000810. The Labute approximate surface area is 257 Å². The third-order valence-corrected chi connectivity index (χ3v) is 8.81. The average molecular weight is 596 g/mol. The van der Waals surface area contributed by atoms with Crippen molar-refractivity contribution >= 4 is 39.4 Å². The van der Waals surface area contributed by atoms with E-state index in [4.69, 9.17) is 20.7 Å². The first-order valence-corrected chi connectivity index (χ1v) is 15.4. The summed E-state index contributed by atoms with van der Waals surface area (Å²) in [6.45, 7) is 6.50. The van der Waals surface area contributed by atoms with Gasteiger partial charge >= 0.3 is 0 Å². The molecule has 2 aliphatic rings. The first-order valence-electron chi connectivity index (χ1n) is 15.4. The van der Waals surface area contributed by atoms with E-state index in [0.29, 0.717) is 17.9 Å². The molecule has 1 aliphatic carbocycles. The molecule has 2 fully saturated rings. The van der Waals surface area contributed by atoms with Crippen LogP contribution in [-0.2, 0) is 11.3 Å². The van der Waals surface area contributed by atoms with E-state index in [1.54, 1.807) is 6.33 Å². The fourth-order valence-electron chi connectivity index (χ4n) is 6.48. The maximum absolute atomic E-state index is 9.00. The van der Waals surface area contributed by atoms with Gasteiger partial charge in [0.2, 0.25) is 0 Å². The first kappa shape index (κ1) is 29.6. The Morgan fingerprint density at radius 2 is 1.68 bits per heavy atom. The number of carboxylic acids is 1. The number of anilines is 2. The van der Waals surface area contributed by atoms with Crippen molar-refractivity contribution in [2.45, 2.75) is 51.2 Å². The van der Waals surface area contributed by atoms with Crippen LogP contribution in [0.25, 0.3) is 33.2 Å². The van der Waals surface area contributed by atoms with Gasteiger partial charge in [-0.25, -0.2) is 14.6 Å². The molecule has 3 aromatic heterocycles. The molecule has 0 radical (unpaired) electrons. The minimum absolute atomic E-state index is 0.325. The predicted octanol–water partition coefficient (Wildman–Crippen LogP) is 4.99. The van der Waals surface area contributed by atoms with E-state index in [0.717, 1.165) is 65.5 Å². The zero-order valence-electron chi connectivity index (χ0n) is 25.4. The Kier molecular flexibility index (Phi) is 8.76. The van der Waals surface area contributed by atoms with Gasteiger partial charge in [-0.2, -0.15) is 5.10 Å². The molecule has 5 N–H and O–H groups in total. The number of carboxylic acid groups (broad SMARTS) is 1. The Hall–Kier alpha value is -4.48. The van der Waals surface area contributed by atoms with Gasteiger partial charge in [0.05, 0.1) is 18.0 Å². The Bertz CT molecular complexity index is 1680. The fourth-order valence-corrected chi connectivity index (χ4v) is 6.48. The van der Waals surface area contributed by atoms with Gasteiger partial charge in [-0.3, -0.25) is 9.69 Å². The number of likely N-dealkylation sites (N-methyl/N-ethyl adjacent to an activating group) is 1. The SMILES string of the molecule is CC(=O)O.CN1CCN([C@H]2CC[C@H](n3nc(-c4ccc(NCc5cc6ccccc6[nH]5)cc4)c4c(N)ncnc43)CC2)CC1. The summed E-state index contributed by atoms with van der Waals surface area (Å²) in [6, 6.07) is 20.0. The van der Waals surface area contributed by atoms with E-state index in [2.05, 4.69) is 96.4 Å². The van der Waals surface area contributed by atoms with Gasteiger partial charge < -0.3 is 26.0 Å². The number of hydrogen-bond acceptors (Lipinski definition) is 8. The van der Waals surface area contributed by atoms with Crippen LogP contribution in [0.5, 0.6) is 0 Å². The third-order valence-electron chi connectivity index (χ3n) is 8.81. The van der Waals surface area contributed by atoms with Gasteiger partial charge in [-0.05, 0) is 62.4 Å². The minimum atomic E-state index is -0.833. The van der Waals surface area contributed by atoms with Crippen molar-refractivity contribution < 1.29 is 9.90 Å². The topological polar surface area (TPSA) is 141 Å². The molecule has 5 aromatic rings. The van der Waals surface area contributed by atoms with Crippen LogP contribution < -0.4 is 11.1 Å². The predicted molar refractivity (Wildman–Crippen MR) is 174 cm³/mol. The zero-order chi connectivity index (χ0) is 30.6. The van der Waals surface area contributed by atoms with E-state index in [9.17, 15) is 0 Å². The number of H-pyrrole nitrogens is 1. The first-order chi connectivity index (χ1) is 21.4. The summed E-state index contributed by atoms with van der Waals surface area (Å²) in [5.41, 5.74) is 12.5. The van der Waals surface area contributed by atoms with E-state index in [1.807, 2.05) is 0 Å². The minimum Gasteiger partial charge on any atom is -0.481 e. The smallest absolute Gasteiger partial charge is 0.300 e. The lowest BCUT2D eigenvalue weighted by Crippen LogP contribution is -2.49. The van der Waals surface area contributed by atoms with Gasteiger partial charge in [0.1, 0.15) is 17.8 Å². The van der Waals surface area contributed by atoms with Crippen LogP contribution in [0.4, 0.5) is 11.5 Å². The average Bonchev–Trinajstić information content (AvgIpc) is 3.63. The van der Waals surface area contributed by atoms with Crippen molar-refractivity contribution in [3.63, 3.8) is 0 Å². The van der Waals surface area contributed by atoms with E-state index in [1.165, 1.54) is 44.4 Å². The highest BCUT2D eigenvalue weighted by molar-refractivity contribution is 5.98. The summed E-state index contributed by atoms with van der Waals surface area (Å²) in [4.78, 5) is 26.6. The number of fused-ring (bicyclic) bond motifs is 2. The molecule has 1 saturated heterocycles. The number of nitrogens with two attached hydrogens (primary N) is 1. The number of para-hydroxylation sites is 1. The molecule has 7 rings (SSSR count). The maximum Gasteiger partial charge on any atom is 0.300 e. The lowest BCUT2D eigenvalue weighted by molar-refractivity contribution is -0.134. The standard InChI is InChI=1S/C31H37N9.C2H4O2/c1-38-14-16-39(17-15-38)25-10-12-26(13-11-25)40-31-28(30(32)34-20-35-31)29(37-40)21-6-8-23(9-7-21)33-19-24-18-22-4-2-3-5-27(22)36-24;1-2(3)4/h2-9,18,20,25-26,33,36H,10-17,19H2,1H3,(H2,32,34,35);1H3,(H,3,4)/t25-,26-;. The summed E-state index contributed by atoms with van der Waals surface area (Å²) < 4.78 is 2.13. The molecule has 11 heteroatoms. The molecule has 0 bridgehead atoms. The number of aromatic amines is 1. The second-order valence-corrected chi connectivity index (χ2v) is 11.9. The largest absolute Gasteiger partial charge is 0.481 e. The number of carbonyl (C=O) groups is 1.